The Morgan fingerprint density at radius 1 is 1.14 bits per heavy atom. The molecule has 0 saturated carbocycles. The van der Waals surface area contributed by atoms with Crippen LogP contribution >= 0.6 is 0 Å². The fourth-order valence-corrected chi connectivity index (χ4v) is 1.07. The van der Waals surface area contributed by atoms with Gasteiger partial charge < -0.3 is 10.6 Å². The number of hydrogen-bond acceptors (Lipinski definition) is 2. The summed E-state index contributed by atoms with van der Waals surface area (Å²) < 4.78 is 0. The van der Waals surface area contributed by atoms with Crippen LogP contribution < -0.4 is 10.6 Å². The quantitative estimate of drug-likeness (QED) is 0.460. The van der Waals surface area contributed by atoms with Gasteiger partial charge in [-0.1, -0.05) is 26.0 Å². The standard InChI is InChI=1S/C12H24N2/c1-4-9-13-11-7-8-12(6-3)14-10-5-2/h6-8,13-14H,4-5,9-11H2,1-3H3/b8-7-,12-6+. The lowest BCUT2D eigenvalue weighted by Gasteiger charge is -2.04. The molecule has 0 fully saturated rings. The molecule has 0 radical (unpaired) electrons. The number of hydrogen-bond donors (Lipinski definition) is 2. The van der Waals surface area contributed by atoms with Gasteiger partial charge in [0.15, 0.2) is 0 Å². The Kier molecular flexibility index (Phi) is 9.76. The molecule has 14 heavy (non-hydrogen) atoms. The fourth-order valence-electron chi connectivity index (χ4n) is 1.07. The van der Waals surface area contributed by atoms with E-state index in [1.165, 1.54) is 18.5 Å². The van der Waals surface area contributed by atoms with Gasteiger partial charge in [0.25, 0.3) is 0 Å². The maximum absolute atomic E-state index is 3.36. The normalized spacial score (nSPS) is 12.4. The van der Waals surface area contributed by atoms with Crippen molar-refractivity contribution in [1.82, 2.24) is 10.6 Å². The Hall–Kier alpha value is -0.760. The molecule has 0 aliphatic carbocycles. The third kappa shape index (κ3) is 7.87. The van der Waals surface area contributed by atoms with Crippen LogP contribution in [0.4, 0.5) is 0 Å². The van der Waals surface area contributed by atoms with Crippen molar-refractivity contribution in [3.05, 3.63) is 23.9 Å². The van der Waals surface area contributed by atoms with Crippen molar-refractivity contribution in [3.8, 4) is 0 Å². The summed E-state index contributed by atoms with van der Waals surface area (Å²) in [5, 5.41) is 6.69. The van der Waals surface area contributed by atoms with E-state index in [4.69, 9.17) is 0 Å². The summed E-state index contributed by atoms with van der Waals surface area (Å²) in [5.41, 5.74) is 1.21. The molecule has 0 rings (SSSR count). The molecule has 0 aliphatic rings. The molecule has 0 bridgehead atoms. The minimum Gasteiger partial charge on any atom is -0.385 e. The van der Waals surface area contributed by atoms with E-state index >= 15 is 0 Å². The Bertz CT molecular complexity index is 171. The molecule has 0 aromatic rings. The molecule has 2 heteroatoms. The Morgan fingerprint density at radius 2 is 1.86 bits per heavy atom. The second-order valence-corrected chi connectivity index (χ2v) is 3.28. The van der Waals surface area contributed by atoms with Crippen molar-refractivity contribution in [2.24, 2.45) is 0 Å². The van der Waals surface area contributed by atoms with E-state index in [9.17, 15) is 0 Å². The van der Waals surface area contributed by atoms with Crippen LogP contribution in [0.3, 0.4) is 0 Å². The first-order valence-corrected chi connectivity index (χ1v) is 5.62. The minimum atomic E-state index is 0.957. The topological polar surface area (TPSA) is 24.1 Å². The van der Waals surface area contributed by atoms with Gasteiger partial charge in [0.1, 0.15) is 0 Å². The SMILES string of the molecule is C/C=C(\C=C/CNCCC)NCCC. The molecular formula is C12H24N2. The third-order valence-electron chi connectivity index (χ3n) is 1.88. The zero-order chi connectivity index (χ0) is 10.6. The largest absolute Gasteiger partial charge is 0.385 e. The average molecular weight is 196 g/mol. The predicted molar refractivity (Wildman–Crippen MR) is 64.4 cm³/mol. The number of allylic oxidation sites excluding steroid dienone is 2. The average Bonchev–Trinajstić information content (AvgIpc) is 2.22. The molecule has 0 amide bonds. The summed E-state index contributed by atoms with van der Waals surface area (Å²) in [6.45, 7) is 9.51. The highest BCUT2D eigenvalue weighted by Crippen LogP contribution is 1.91. The van der Waals surface area contributed by atoms with Crippen LogP contribution in [0.25, 0.3) is 0 Å². The van der Waals surface area contributed by atoms with Crippen molar-refractivity contribution in [1.29, 1.82) is 0 Å². The van der Waals surface area contributed by atoms with Gasteiger partial charge in [0.2, 0.25) is 0 Å². The van der Waals surface area contributed by atoms with Crippen LogP contribution in [-0.2, 0) is 0 Å². The zero-order valence-corrected chi connectivity index (χ0v) is 9.77. The van der Waals surface area contributed by atoms with Gasteiger partial charge in [-0.15, -0.1) is 0 Å². The maximum Gasteiger partial charge on any atom is 0.0294 e. The molecule has 0 atom stereocenters. The van der Waals surface area contributed by atoms with Gasteiger partial charge in [-0.3, -0.25) is 0 Å². The molecule has 82 valence electrons. The van der Waals surface area contributed by atoms with Crippen LogP contribution in [0, 0.1) is 0 Å². The van der Waals surface area contributed by atoms with E-state index in [1.807, 2.05) is 0 Å². The van der Waals surface area contributed by atoms with E-state index in [2.05, 4.69) is 49.6 Å². The Labute approximate surface area is 88.5 Å². The molecule has 2 N–H and O–H groups in total. The van der Waals surface area contributed by atoms with Gasteiger partial charge >= 0.3 is 0 Å². The summed E-state index contributed by atoms with van der Waals surface area (Å²) in [6.07, 6.45) is 8.76. The first kappa shape index (κ1) is 13.2. The van der Waals surface area contributed by atoms with Crippen molar-refractivity contribution in [3.63, 3.8) is 0 Å². The van der Waals surface area contributed by atoms with Crippen molar-refractivity contribution < 1.29 is 0 Å². The van der Waals surface area contributed by atoms with Crippen molar-refractivity contribution in [2.75, 3.05) is 19.6 Å². The summed E-state index contributed by atoms with van der Waals surface area (Å²) in [5.74, 6) is 0. The van der Waals surface area contributed by atoms with Crippen LogP contribution in [0.15, 0.2) is 23.9 Å². The van der Waals surface area contributed by atoms with E-state index in [-0.39, 0.29) is 0 Å². The summed E-state index contributed by atoms with van der Waals surface area (Å²) in [6, 6.07) is 0. The van der Waals surface area contributed by atoms with Crippen LogP contribution in [-0.4, -0.2) is 19.6 Å². The molecule has 0 saturated heterocycles. The lowest BCUT2D eigenvalue weighted by molar-refractivity contribution is 0.727. The number of nitrogens with one attached hydrogen (secondary N) is 2. The Morgan fingerprint density at radius 3 is 2.43 bits per heavy atom. The number of rotatable bonds is 8. The molecule has 0 aromatic heterocycles. The third-order valence-corrected chi connectivity index (χ3v) is 1.88. The lowest BCUT2D eigenvalue weighted by Crippen LogP contribution is -2.15. The summed E-state index contributed by atoms with van der Waals surface area (Å²) >= 11 is 0. The van der Waals surface area contributed by atoms with Gasteiger partial charge in [-0.25, -0.2) is 0 Å². The van der Waals surface area contributed by atoms with Crippen LogP contribution in [0.2, 0.25) is 0 Å². The molecule has 0 heterocycles. The molecular weight excluding hydrogens is 172 g/mol. The van der Waals surface area contributed by atoms with Crippen molar-refractivity contribution >= 4 is 0 Å². The van der Waals surface area contributed by atoms with E-state index in [1.54, 1.807) is 0 Å². The molecule has 2 nitrogen and oxygen atoms in total. The van der Waals surface area contributed by atoms with Crippen LogP contribution in [0.1, 0.15) is 33.6 Å². The molecule has 0 aromatic carbocycles. The predicted octanol–water partition coefficient (Wildman–Crippen LogP) is 2.45. The zero-order valence-electron chi connectivity index (χ0n) is 9.77. The minimum absolute atomic E-state index is 0.957. The lowest BCUT2D eigenvalue weighted by atomic mass is 10.3. The first-order chi connectivity index (χ1) is 6.85. The highest BCUT2D eigenvalue weighted by molar-refractivity contribution is 5.15. The van der Waals surface area contributed by atoms with Crippen molar-refractivity contribution in [2.45, 2.75) is 33.6 Å². The van der Waals surface area contributed by atoms with Gasteiger partial charge in [0.05, 0.1) is 0 Å². The van der Waals surface area contributed by atoms with Gasteiger partial charge in [0, 0.05) is 18.8 Å². The van der Waals surface area contributed by atoms with Crippen LogP contribution in [0.5, 0.6) is 0 Å². The van der Waals surface area contributed by atoms with Gasteiger partial charge in [-0.2, -0.15) is 0 Å². The van der Waals surface area contributed by atoms with E-state index in [0.717, 1.165) is 19.6 Å². The monoisotopic (exact) mass is 196 g/mol. The smallest absolute Gasteiger partial charge is 0.0294 e. The summed E-state index contributed by atoms with van der Waals surface area (Å²) in [4.78, 5) is 0. The maximum atomic E-state index is 3.36. The fraction of sp³-hybridized carbons (Fsp3) is 0.667. The Balaban J connectivity index is 3.59. The second kappa shape index (κ2) is 10.3. The highest BCUT2D eigenvalue weighted by atomic mass is 14.9. The molecule has 0 unspecified atom stereocenters. The molecule has 0 spiro atoms. The highest BCUT2D eigenvalue weighted by Gasteiger charge is 1.86. The second-order valence-electron chi connectivity index (χ2n) is 3.28. The molecule has 0 aliphatic heterocycles. The first-order valence-electron chi connectivity index (χ1n) is 5.62. The summed E-state index contributed by atoms with van der Waals surface area (Å²) in [7, 11) is 0. The van der Waals surface area contributed by atoms with Gasteiger partial charge in [-0.05, 0) is 32.4 Å². The van der Waals surface area contributed by atoms with E-state index < -0.39 is 0 Å². The van der Waals surface area contributed by atoms with E-state index in [0.29, 0.717) is 0 Å².